The van der Waals surface area contributed by atoms with Crippen LogP contribution in [0, 0.1) is 0 Å². The lowest BCUT2D eigenvalue weighted by Crippen LogP contribution is -2.28. The summed E-state index contributed by atoms with van der Waals surface area (Å²) < 4.78 is 68.2. The summed E-state index contributed by atoms with van der Waals surface area (Å²) in [6, 6.07) is 9.15. The van der Waals surface area contributed by atoms with Crippen molar-refractivity contribution in [2.45, 2.75) is 12.6 Å². The molecule has 30 heavy (non-hydrogen) atoms. The van der Waals surface area contributed by atoms with Gasteiger partial charge in [0, 0.05) is 0 Å². The number of H-pyrrole nitrogens is 1. The maximum Gasteiger partial charge on any atom is 0.491 e. The molecule has 158 valence electrons. The van der Waals surface area contributed by atoms with Crippen LogP contribution in [-0.4, -0.2) is 37.1 Å². The number of carbonyl (C=O) groups excluding carboxylic acids is 1. The van der Waals surface area contributed by atoms with E-state index in [0.29, 0.717) is 11.1 Å². The number of ether oxygens (including phenoxy) is 1. The van der Waals surface area contributed by atoms with Crippen LogP contribution in [0.1, 0.15) is 5.56 Å². The average Bonchev–Trinajstić information content (AvgIpc) is 2.68. The van der Waals surface area contributed by atoms with E-state index in [0.717, 1.165) is 12.4 Å². The number of aromatic nitrogens is 2. The van der Waals surface area contributed by atoms with Crippen molar-refractivity contribution in [2.24, 2.45) is 0 Å². The minimum absolute atomic E-state index is 0.0892. The lowest BCUT2D eigenvalue weighted by Gasteiger charge is -2.13. The molecule has 1 N–H and O–H groups in total. The quantitative estimate of drug-likeness (QED) is 0.341. The average molecular weight is 442 g/mol. The second-order valence-corrected chi connectivity index (χ2v) is 6.66. The van der Waals surface area contributed by atoms with E-state index in [4.69, 9.17) is 0 Å². The molecule has 2 aromatic carbocycles. The summed E-state index contributed by atoms with van der Waals surface area (Å²) in [4.78, 5) is 29.7. The second kappa shape index (κ2) is 8.63. The number of aromatic amines is 1. The van der Waals surface area contributed by atoms with Crippen LogP contribution in [0.2, 0.25) is 0 Å². The van der Waals surface area contributed by atoms with Crippen molar-refractivity contribution in [3.63, 3.8) is 0 Å². The van der Waals surface area contributed by atoms with Gasteiger partial charge in [-0.1, -0.05) is 24.3 Å². The molecular weight excluding hydrogens is 429 g/mol. The van der Waals surface area contributed by atoms with Crippen LogP contribution in [0.4, 0.5) is 13.2 Å². The number of benzene rings is 2. The first-order valence-electron chi connectivity index (χ1n) is 8.33. The van der Waals surface area contributed by atoms with Crippen molar-refractivity contribution in [1.29, 1.82) is 0 Å². The Kier molecular flexibility index (Phi) is 6.17. The second-order valence-electron chi connectivity index (χ2n) is 5.95. The summed E-state index contributed by atoms with van der Waals surface area (Å²) in [6.07, 6.45) is -4.10. The van der Waals surface area contributed by atoms with Crippen LogP contribution in [0.5, 0.6) is 5.75 Å². The van der Waals surface area contributed by atoms with E-state index in [9.17, 15) is 31.2 Å². The minimum atomic E-state index is -5.24. The predicted octanol–water partition coefficient (Wildman–Crippen LogP) is 2.14. The normalized spacial score (nSPS) is 11.7. The molecule has 0 aliphatic rings. The third kappa shape index (κ3) is 4.83. The maximum atomic E-state index is 12.7. The van der Waals surface area contributed by atoms with Gasteiger partial charge in [0.2, 0.25) is 0 Å². The zero-order chi connectivity index (χ0) is 21.9. The zero-order valence-electron chi connectivity index (χ0n) is 14.9. The molecule has 3 rings (SSSR count). The van der Waals surface area contributed by atoms with Gasteiger partial charge in [0.15, 0.2) is 5.75 Å². The van der Waals surface area contributed by atoms with E-state index in [-0.39, 0.29) is 29.5 Å². The molecule has 3 aromatic rings. The van der Waals surface area contributed by atoms with E-state index in [1.54, 1.807) is 24.3 Å². The van der Waals surface area contributed by atoms with Crippen LogP contribution in [0.15, 0.2) is 47.5 Å². The van der Waals surface area contributed by atoms with Gasteiger partial charge < -0.3 is 9.72 Å². The number of fused-ring (bicyclic) bond motifs is 1. The molecule has 0 saturated heterocycles. The highest BCUT2D eigenvalue weighted by Gasteiger charge is 2.41. The number of halogens is 3. The van der Waals surface area contributed by atoms with Crippen molar-refractivity contribution in [3.05, 3.63) is 58.6 Å². The highest BCUT2D eigenvalue weighted by atomic mass is 32.2. The molecule has 0 saturated carbocycles. The van der Waals surface area contributed by atoms with Crippen molar-refractivity contribution in [3.8, 4) is 16.9 Å². The summed E-state index contributed by atoms with van der Waals surface area (Å²) >= 11 is 0. The van der Waals surface area contributed by atoms with Gasteiger partial charge in [-0.25, -0.2) is 18.2 Å². The number of nitrogens with zero attached hydrogens (tertiary/aromatic N) is 1. The molecule has 0 radical (unpaired) electrons. The Hall–Kier alpha value is -3.25. The van der Waals surface area contributed by atoms with Crippen molar-refractivity contribution in [1.82, 2.24) is 9.97 Å². The van der Waals surface area contributed by atoms with Crippen LogP contribution in [-0.2, 0) is 26.4 Å². The molecule has 12 heteroatoms. The lowest BCUT2D eigenvalue weighted by atomic mass is 9.96. The van der Waals surface area contributed by atoms with Crippen LogP contribution in [0.3, 0.4) is 0 Å². The smallest absolute Gasteiger partial charge is 0.418 e. The Morgan fingerprint density at radius 3 is 2.60 bits per heavy atom. The van der Waals surface area contributed by atoms with Gasteiger partial charge in [-0.3, -0.25) is 8.98 Å². The largest absolute Gasteiger partial charge is 0.491 e. The molecule has 8 nitrogen and oxygen atoms in total. The summed E-state index contributed by atoms with van der Waals surface area (Å²) in [5, 5.41) is -0.0892. The first-order chi connectivity index (χ1) is 14.2. The SMILES string of the molecule is O=C(Oc1cc(-c2ccccc2CCO[SH](=O)=O)cc2c(=O)[nH]cnc12)C(F)(F)F. The fourth-order valence-corrected chi connectivity index (χ4v) is 3.03. The number of hydrogen-bond acceptors (Lipinski definition) is 7. The van der Waals surface area contributed by atoms with E-state index >= 15 is 0 Å². The van der Waals surface area contributed by atoms with Gasteiger partial charge in [0.05, 0.1) is 18.3 Å². The van der Waals surface area contributed by atoms with Crippen molar-refractivity contribution >= 4 is 27.9 Å². The third-order valence-corrected chi connectivity index (χ3v) is 4.43. The molecule has 0 amide bonds. The number of nitrogens with one attached hydrogen (secondary N) is 1. The summed E-state index contributed by atoms with van der Waals surface area (Å²) in [5.74, 6) is -2.99. The molecule has 1 heterocycles. The summed E-state index contributed by atoms with van der Waals surface area (Å²) in [5.41, 5.74) is 0.492. The van der Waals surface area contributed by atoms with Gasteiger partial charge in [-0.2, -0.15) is 13.2 Å². The van der Waals surface area contributed by atoms with Crippen LogP contribution >= 0.6 is 0 Å². The molecule has 0 aliphatic heterocycles. The predicted molar refractivity (Wildman–Crippen MR) is 99.5 cm³/mol. The molecule has 1 aromatic heterocycles. The first-order valence-corrected chi connectivity index (χ1v) is 9.42. The van der Waals surface area contributed by atoms with Gasteiger partial charge in [-0.05, 0) is 35.2 Å². The van der Waals surface area contributed by atoms with Gasteiger partial charge in [0.25, 0.3) is 16.5 Å². The number of esters is 1. The molecule has 0 aliphatic carbocycles. The molecule has 0 bridgehead atoms. The van der Waals surface area contributed by atoms with Crippen molar-refractivity contribution < 1.29 is 35.3 Å². The topological polar surface area (TPSA) is 115 Å². The monoisotopic (exact) mass is 442 g/mol. The third-order valence-electron chi connectivity index (χ3n) is 4.04. The van der Waals surface area contributed by atoms with Crippen LogP contribution in [0.25, 0.3) is 22.0 Å². The number of rotatable bonds is 6. The standard InChI is InChI=1S/C18H13F3N2O6S/c19-18(20,21)17(25)29-14-8-11(7-13-15(14)22-9-23-16(13)24)12-4-2-1-3-10(12)5-6-28-30(26)27/h1-4,7-9,30H,5-6H2,(H,22,23,24). The summed E-state index contributed by atoms with van der Waals surface area (Å²) in [7, 11) is -3.03. The highest BCUT2D eigenvalue weighted by molar-refractivity contribution is 7.67. The fraction of sp³-hybridized carbons (Fsp3) is 0.167. The highest BCUT2D eigenvalue weighted by Crippen LogP contribution is 2.33. The number of hydrogen-bond donors (Lipinski definition) is 2. The van der Waals surface area contributed by atoms with Gasteiger partial charge in [0.1, 0.15) is 5.52 Å². The zero-order valence-corrected chi connectivity index (χ0v) is 15.8. The Labute approximate surface area is 168 Å². The van der Waals surface area contributed by atoms with Crippen LogP contribution < -0.4 is 10.3 Å². The number of thiol groups is 1. The minimum Gasteiger partial charge on any atom is -0.418 e. The Morgan fingerprint density at radius 1 is 1.17 bits per heavy atom. The van der Waals surface area contributed by atoms with E-state index in [1.165, 1.54) is 6.07 Å². The fourth-order valence-electron chi connectivity index (χ4n) is 2.79. The number of carbonyl (C=O) groups is 1. The van der Waals surface area contributed by atoms with E-state index < -0.39 is 34.4 Å². The molecule has 0 atom stereocenters. The Balaban J connectivity index is 2.13. The lowest BCUT2D eigenvalue weighted by molar-refractivity contribution is -0.189. The van der Waals surface area contributed by atoms with E-state index in [1.807, 2.05) is 0 Å². The summed E-state index contributed by atoms with van der Waals surface area (Å²) in [6.45, 7) is -0.151. The van der Waals surface area contributed by atoms with Gasteiger partial charge >= 0.3 is 12.1 Å². The van der Waals surface area contributed by atoms with Crippen molar-refractivity contribution in [2.75, 3.05) is 6.61 Å². The molecular formula is C18H13F3N2O6S. The molecule has 0 unspecified atom stereocenters. The molecule has 0 spiro atoms. The van der Waals surface area contributed by atoms with E-state index in [2.05, 4.69) is 18.9 Å². The Morgan fingerprint density at radius 2 is 1.90 bits per heavy atom. The number of alkyl halides is 3. The molecule has 0 fully saturated rings. The maximum absolute atomic E-state index is 12.7. The Bertz CT molecular complexity index is 1230. The van der Waals surface area contributed by atoms with Gasteiger partial charge in [-0.15, -0.1) is 0 Å². The first kappa shape index (κ1) is 21.5.